The highest BCUT2D eigenvalue weighted by atomic mass is 35.5. The lowest BCUT2D eigenvalue weighted by Crippen LogP contribution is -2.38. The van der Waals surface area contributed by atoms with Gasteiger partial charge < -0.3 is 5.73 Å². The van der Waals surface area contributed by atoms with Gasteiger partial charge in [0.2, 0.25) is 5.91 Å². The summed E-state index contributed by atoms with van der Waals surface area (Å²) in [6.45, 7) is 0. The summed E-state index contributed by atoms with van der Waals surface area (Å²) in [4.78, 5) is 11.5. The first-order chi connectivity index (χ1) is 8.56. The van der Waals surface area contributed by atoms with Crippen LogP contribution in [0, 0.1) is 5.82 Å². The molecule has 1 aliphatic rings. The summed E-state index contributed by atoms with van der Waals surface area (Å²) in [7, 11) is 0. The molecule has 1 saturated carbocycles. The summed E-state index contributed by atoms with van der Waals surface area (Å²) in [5.41, 5.74) is 5.87. The minimum absolute atomic E-state index is 0.268. The Bertz CT molecular complexity index is 426. The molecule has 0 saturated heterocycles. The van der Waals surface area contributed by atoms with E-state index < -0.39 is 17.8 Å². The summed E-state index contributed by atoms with van der Waals surface area (Å²) in [5.74, 6) is -0.972. The van der Waals surface area contributed by atoms with E-state index in [1.165, 1.54) is 12.1 Å². The Hall–Kier alpha value is -1.13. The molecule has 2 rings (SSSR count). The molecule has 0 aliphatic heterocycles. The Labute approximate surface area is 111 Å². The van der Waals surface area contributed by atoms with Crippen LogP contribution in [0.5, 0.6) is 0 Å². The summed E-state index contributed by atoms with van der Waals surface area (Å²) in [5, 5.41) is 3.45. The highest BCUT2D eigenvalue weighted by Crippen LogP contribution is 2.24. The van der Waals surface area contributed by atoms with Crippen LogP contribution in [0.25, 0.3) is 0 Å². The number of carbonyl (C=O) groups is 1. The second-order valence-electron chi connectivity index (χ2n) is 4.69. The van der Waals surface area contributed by atoms with Crippen molar-refractivity contribution in [2.75, 3.05) is 0 Å². The van der Waals surface area contributed by atoms with Crippen LogP contribution in [0.4, 0.5) is 4.39 Å². The smallest absolute Gasteiger partial charge is 0.239 e. The quantitative estimate of drug-likeness (QED) is 0.883. The third-order valence-electron chi connectivity index (χ3n) is 3.26. The van der Waals surface area contributed by atoms with Crippen molar-refractivity contribution >= 4 is 17.5 Å². The molecule has 0 heterocycles. The van der Waals surface area contributed by atoms with E-state index in [1.807, 2.05) is 0 Å². The average Bonchev–Trinajstić information content (AvgIpc) is 2.76. The largest absolute Gasteiger partial charge is 0.368 e. The van der Waals surface area contributed by atoms with Crippen molar-refractivity contribution in [3.63, 3.8) is 0 Å². The summed E-state index contributed by atoms with van der Waals surface area (Å²) >= 11 is 5.80. The Kier molecular flexibility index (Phi) is 4.19. The number of hydrogen-bond acceptors (Lipinski definition) is 2. The number of halogens is 2. The molecule has 18 heavy (non-hydrogen) atoms. The van der Waals surface area contributed by atoms with E-state index in [1.54, 1.807) is 6.07 Å². The van der Waals surface area contributed by atoms with Crippen molar-refractivity contribution in [1.29, 1.82) is 0 Å². The Morgan fingerprint density at radius 1 is 1.39 bits per heavy atom. The Morgan fingerprint density at radius 2 is 2.06 bits per heavy atom. The van der Waals surface area contributed by atoms with Crippen molar-refractivity contribution in [2.45, 2.75) is 37.8 Å². The third-order valence-corrected chi connectivity index (χ3v) is 3.48. The Morgan fingerprint density at radius 3 is 2.61 bits per heavy atom. The number of carbonyl (C=O) groups excluding carboxylic acids is 1. The molecular weight excluding hydrogens is 255 g/mol. The van der Waals surface area contributed by atoms with Gasteiger partial charge in [-0.15, -0.1) is 0 Å². The summed E-state index contributed by atoms with van der Waals surface area (Å²) < 4.78 is 13.3. The average molecular weight is 271 g/mol. The number of primary amides is 1. The van der Waals surface area contributed by atoms with E-state index >= 15 is 0 Å². The van der Waals surface area contributed by atoms with Crippen molar-refractivity contribution in [1.82, 2.24) is 5.32 Å². The van der Waals surface area contributed by atoms with Gasteiger partial charge in [0.15, 0.2) is 0 Å². The first-order valence-corrected chi connectivity index (χ1v) is 6.45. The van der Waals surface area contributed by atoms with Gasteiger partial charge in [0.05, 0.1) is 0 Å². The van der Waals surface area contributed by atoms with E-state index in [-0.39, 0.29) is 11.1 Å². The predicted molar refractivity (Wildman–Crippen MR) is 68.7 cm³/mol. The van der Waals surface area contributed by atoms with Crippen LogP contribution in [-0.2, 0) is 4.79 Å². The van der Waals surface area contributed by atoms with E-state index in [0.717, 1.165) is 25.7 Å². The minimum Gasteiger partial charge on any atom is -0.368 e. The molecule has 1 aromatic carbocycles. The van der Waals surface area contributed by atoms with Crippen LogP contribution < -0.4 is 11.1 Å². The molecule has 1 aliphatic carbocycles. The lowest BCUT2D eigenvalue weighted by molar-refractivity contribution is -0.120. The number of nitrogens with two attached hydrogens (primary N) is 1. The molecule has 1 amide bonds. The standard InChI is InChI=1S/C13H16ClFN2O/c14-9-5-8(6-10(15)7-9)12(13(16)18)17-11-3-1-2-4-11/h5-7,11-12,17H,1-4H2,(H2,16,18). The van der Waals surface area contributed by atoms with Gasteiger partial charge >= 0.3 is 0 Å². The molecule has 1 unspecified atom stereocenters. The van der Waals surface area contributed by atoms with Crippen molar-refractivity contribution in [3.05, 3.63) is 34.6 Å². The van der Waals surface area contributed by atoms with Gasteiger partial charge in [-0.25, -0.2) is 4.39 Å². The van der Waals surface area contributed by atoms with Crippen LogP contribution in [0.3, 0.4) is 0 Å². The fourth-order valence-electron chi connectivity index (χ4n) is 2.41. The number of hydrogen-bond donors (Lipinski definition) is 2. The number of benzene rings is 1. The first-order valence-electron chi connectivity index (χ1n) is 6.07. The van der Waals surface area contributed by atoms with Gasteiger partial charge in [0.1, 0.15) is 11.9 Å². The topological polar surface area (TPSA) is 55.1 Å². The molecule has 1 fully saturated rings. The fourth-order valence-corrected chi connectivity index (χ4v) is 2.64. The number of rotatable bonds is 4. The Balaban J connectivity index is 2.20. The molecule has 0 spiro atoms. The zero-order valence-electron chi connectivity index (χ0n) is 9.96. The predicted octanol–water partition coefficient (Wildman–Crippen LogP) is 2.54. The monoisotopic (exact) mass is 270 g/mol. The highest BCUT2D eigenvalue weighted by Gasteiger charge is 2.24. The maximum atomic E-state index is 13.3. The maximum Gasteiger partial charge on any atom is 0.239 e. The summed E-state index contributed by atoms with van der Waals surface area (Å²) in [6.07, 6.45) is 4.33. The van der Waals surface area contributed by atoms with Crippen LogP contribution in [0.2, 0.25) is 5.02 Å². The SMILES string of the molecule is NC(=O)C(NC1CCCC1)c1cc(F)cc(Cl)c1. The fraction of sp³-hybridized carbons (Fsp3) is 0.462. The van der Waals surface area contributed by atoms with Crippen LogP contribution in [-0.4, -0.2) is 11.9 Å². The zero-order valence-corrected chi connectivity index (χ0v) is 10.7. The minimum atomic E-state index is -0.679. The van der Waals surface area contributed by atoms with E-state index in [4.69, 9.17) is 17.3 Å². The van der Waals surface area contributed by atoms with Gasteiger partial charge in [-0.05, 0) is 36.6 Å². The van der Waals surface area contributed by atoms with Crippen molar-refractivity contribution in [3.8, 4) is 0 Å². The molecule has 0 bridgehead atoms. The molecule has 0 aromatic heterocycles. The summed E-state index contributed by atoms with van der Waals surface area (Å²) in [6, 6.07) is 3.66. The van der Waals surface area contributed by atoms with Crippen LogP contribution >= 0.6 is 11.6 Å². The van der Waals surface area contributed by atoms with E-state index in [0.29, 0.717) is 5.56 Å². The first kappa shape index (κ1) is 13.3. The highest BCUT2D eigenvalue weighted by molar-refractivity contribution is 6.30. The lowest BCUT2D eigenvalue weighted by Gasteiger charge is -2.20. The second kappa shape index (κ2) is 5.67. The van der Waals surface area contributed by atoms with E-state index in [2.05, 4.69) is 5.32 Å². The van der Waals surface area contributed by atoms with Crippen molar-refractivity contribution in [2.24, 2.45) is 5.73 Å². The van der Waals surface area contributed by atoms with Gasteiger partial charge in [-0.1, -0.05) is 24.4 Å². The molecule has 1 atom stereocenters. The van der Waals surface area contributed by atoms with Gasteiger partial charge in [0.25, 0.3) is 0 Å². The zero-order chi connectivity index (χ0) is 13.1. The van der Waals surface area contributed by atoms with Crippen LogP contribution in [0.1, 0.15) is 37.3 Å². The second-order valence-corrected chi connectivity index (χ2v) is 5.12. The van der Waals surface area contributed by atoms with Crippen molar-refractivity contribution < 1.29 is 9.18 Å². The molecule has 0 radical (unpaired) electrons. The molecule has 3 nitrogen and oxygen atoms in total. The van der Waals surface area contributed by atoms with Crippen LogP contribution in [0.15, 0.2) is 18.2 Å². The lowest BCUT2D eigenvalue weighted by atomic mass is 10.0. The molecular formula is C13H16ClFN2O. The van der Waals surface area contributed by atoms with E-state index in [9.17, 15) is 9.18 Å². The molecule has 5 heteroatoms. The number of amides is 1. The van der Waals surface area contributed by atoms with Gasteiger partial charge in [0, 0.05) is 11.1 Å². The number of nitrogens with one attached hydrogen (secondary N) is 1. The molecule has 1 aromatic rings. The molecule has 98 valence electrons. The molecule has 3 N–H and O–H groups in total. The van der Waals surface area contributed by atoms with Gasteiger partial charge in [-0.2, -0.15) is 0 Å². The third kappa shape index (κ3) is 3.21. The maximum absolute atomic E-state index is 13.3. The normalized spacial score (nSPS) is 17.9. The van der Waals surface area contributed by atoms with Gasteiger partial charge in [-0.3, -0.25) is 10.1 Å².